The fourth-order valence-corrected chi connectivity index (χ4v) is 4.91. The predicted molar refractivity (Wildman–Crippen MR) is 112 cm³/mol. The number of rotatable bonds is 3. The predicted octanol–water partition coefficient (Wildman–Crippen LogP) is 1.28. The standard InChI is InChI=1S/C20H19N5O4S/c26-15-9-29-13-4-3-10(6-12(13)23-15)7-22-19(28)17-24-18(27)16-11-2-1-5-21-8-14(11)30-20(16)25-17/h3-4,6,21H,1-2,5,7-9H2,(H,22,28)(H,23,26)(H,24,25,27). The van der Waals surface area contributed by atoms with Gasteiger partial charge in [0.05, 0.1) is 11.1 Å². The van der Waals surface area contributed by atoms with Gasteiger partial charge in [-0.1, -0.05) is 6.07 Å². The first-order chi connectivity index (χ1) is 14.6. The second-order valence-corrected chi connectivity index (χ2v) is 8.31. The molecule has 2 amide bonds. The molecule has 30 heavy (non-hydrogen) atoms. The minimum absolute atomic E-state index is 0.00714. The molecule has 3 aromatic rings. The summed E-state index contributed by atoms with van der Waals surface area (Å²) in [6.45, 7) is 1.85. The van der Waals surface area contributed by atoms with Crippen LogP contribution in [0.5, 0.6) is 5.75 Å². The maximum absolute atomic E-state index is 12.7. The van der Waals surface area contributed by atoms with Gasteiger partial charge in [-0.3, -0.25) is 14.4 Å². The van der Waals surface area contributed by atoms with Crippen molar-refractivity contribution in [1.82, 2.24) is 20.6 Å². The summed E-state index contributed by atoms with van der Waals surface area (Å²) in [6, 6.07) is 5.30. The molecule has 0 fully saturated rings. The number of hydrogen-bond donors (Lipinski definition) is 4. The summed E-state index contributed by atoms with van der Waals surface area (Å²) < 4.78 is 5.33. The number of aromatic nitrogens is 2. The topological polar surface area (TPSA) is 125 Å². The van der Waals surface area contributed by atoms with Crippen molar-refractivity contribution in [2.24, 2.45) is 0 Å². The third-order valence-electron chi connectivity index (χ3n) is 5.16. The highest BCUT2D eigenvalue weighted by atomic mass is 32.1. The molecule has 154 valence electrons. The number of thiophene rings is 1. The fourth-order valence-electron chi connectivity index (χ4n) is 3.72. The van der Waals surface area contributed by atoms with E-state index in [2.05, 4.69) is 25.9 Å². The number of nitrogens with zero attached hydrogens (tertiary/aromatic N) is 1. The highest BCUT2D eigenvalue weighted by Crippen LogP contribution is 2.30. The summed E-state index contributed by atoms with van der Waals surface area (Å²) in [7, 11) is 0. The number of ether oxygens (including phenoxy) is 1. The summed E-state index contributed by atoms with van der Waals surface area (Å²) >= 11 is 1.46. The number of aryl methyl sites for hydroxylation is 1. The van der Waals surface area contributed by atoms with Gasteiger partial charge < -0.3 is 25.7 Å². The number of anilines is 1. The largest absolute Gasteiger partial charge is 0.482 e. The molecular weight excluding hydrogens is 406 g/mol. The molecule has 0 radical (unpaired) electrons. The molecule has 5 rings (SSSR count). The Balaban J connectivity index is 1.36. The Kier molecular flexibility index (Phi) is 4.72. The summed E-state index contributed by atoms with van der Waals surface area (Å²) in [6.07, 6.45) is 1.80. The van der Waals surface area contributed by atoms with Crippen molar-refractivity contribution in [3.05, 3.63) is 50.4 Å². The van der Waals surface area contributed by atoms with Crippen molar-refractivity contribution in [3.63, 3.8) is 0 Å². The maximum Gasteiger partial charge on any atom is 0.287 e. The normalized spacial score (nSPS) is 15.5. The van der Waals surface area contributed by atoms with Crippen molar-refractivity contribution >= 4 is 39.1 Å². The molecule has 2 aliphatic heterocycles. The lowest BCUT2D eigenvalue weighted by atomic mass is 10.1. The molecular formula is C20H19N5O4S. The summed E-state index contributed by atoms with van der Waals surface area (Å²) in [5.41, 5.74) is 2.11. The molecule has 10 heteroatoms. The van der Waals surface area contributed by atoms with Crippen LogP contribution in [0.2, 0.25) is 0 Å². The Hall–Kier alpha value is -3.24. The van der Waals surface area contributed by atoms with Crippen LogP contribution in [0, 0.1) is 0 Å². The van der Waals surface area contributed by atoms with Crippen molar-refractivity contribution in [3.8, 4) is 5.75 Å². The van der Waals surface area contributed by atoms with E-state index in [4.69, 9.17) is 4.74 Å². The van der Waals surface area contributed by atoms with E-state index in [0.717, 1.165) is 41.9 Å². The number of aromatic amines is 1. The molecule has 0 saturated heterocycles. The first-order valence-corrected chi connectivity index (χ1v) is 10.5. The minimum Gasteiger partial charge on any atom is -0.482 e. The molecule has 0 atom stereocenters. The van der Waals surface area contributed by atoms with Crippen LogP contribution in [0.15, 0.2) is 23.0 Å². The summed E-state index contributed by atoms with van der Waals surface area (Å²) in [5.74, 6) is -0.100. The SMILES string of the molecule is O=C1COc2ccc(CNC(=O)c3nc4sc5c(c4c(=O)[nH]3)CCCNC5)cc2N1. The van der Waals surface area contributed by atoms with Gasteiger partial charge in [-0.05, 0) is 42.6 Å². The monoisotopic (exact) mass is 425 g/mol. The van der Waals surface area contributed by atoms with Gasteiger partial charge in [0.25, 0.3) is 17.4 Å². The first-order valence-electron chi connectivity index (χ1n) is 9.67. The van der Waals surface area contributed by atoms with Crippen molar-refractivity contribution in [2.75, 3.05) is 18.5 Å². The highest BCUT2D eigenvalue weighted by Gasteiger charge is 2.21. The van der Waals surface area contributed by atoms with E-state index in [1.54, 1.807) is 18.2 Å². The Morgan fingerprint density at radius 1 is 1.30 bits per heavy atom. The second kappa shape index (κ2) is 7.54. The molecule has 0 spiro atoms. The molecule has 0 saturated carbocycles. The van der Waals surface area contributed by atoms with Crippen molar-refractivity contribution in [2.45, 2.75) is 25.9 Å². The average Bonchev–Trinajstić information content (AvgIpc) is 2.93. The van der Waals surface area contributed by atoms with Gasteiger partial charge in [-0.15, -0.1) is 11.3 Å². The van der Waals surface area contributed by atoms with E-state index in [9.17, 15) is 14.4 Å². The third-order valence-corrected chi connectivity index (χ3v) is 6.28. The lowest BCUT2D eigenvalue weighted by molar-refractivity contribution is -0.118. The quantitative estimate of drug-likeness (QED) is 0.501. The molecule has 4 heterocycles. The van der Waals surface area contributed by atoms with Crippen LogP contribution >= 0.6 is 11.3 Å². The molecule has 9 nitrogen and oxygen atoms in total. The Morgan fingerprint density at radius 3 is 3.10 bits per heavy atom. The molecule has 0 aliphatic carbocycles. The number of nitrogens with one attached hydrogen (secondary N) is 4. The number of benzene rings is 1. The molecule has 2 aliphatic rings. The average molecular weight is 425 g/mol. The van der Waals surface area contributed by atoms with Crippen molar-refractivity contribution in [1.29, 1.82) is 0 Å². The second-order valence-electron chi connectivity index (χ2n) is 7.23. The van der Waals surface area contributed by atoms with Crippen LogP contribution in [0.3, 0.4) is 0 Å². The number of H-pyrrole nitrogens is 1. The number of carbonyl (C=O) groups excluding carboxylic acids is 2. The van der Waals surface area contributed by atoms with E-state index < -0.39 is 5.91 Å². The van der Waals surface area contributed by atoms with Crippen LogP contribution in [0.25, 0.3) is 10.2 Å². The third kappa shape index (κ3) is 3.44. The van der Waals surface area contributed by atoms with Gasteiger partial charge in [0, 0.05) is 18.0 Å². The van der Waals surface area contributed by atoms with E-state index in [-0.39, 0.29) is 30.4 Å². The molecule has 2 aromatic heterocycles. The number of hydrogen-bond acceptors (Lipinski definition) is 7. The maximum atomic E-state index is 12.7. The number of fused-ring (bicyclic) bond motifs is 4. The van der Waals surface area contributed by atoms with Gasteiger partial charge in [0.2, 0.25) is 5.82 Å². The molecule has 0 unspecified atom stereocenters. The van der Waals surface area contributed by atoms with Gasteiger partial charge >= 0.3 is 0 Å². The van der Waals surface area contributed by atoms with Crippen LogP contribution in [-0.4, -0.2) is 34.9 Å². The van der Waals surface area contributed by atoms with E-state index in [1.807, 2.05) is 0 Å². The van der Waals surface area contributed by atoms with E-state index in [0.29, 0.717) is 21.7 Å². The van der Waals surface area contributed by atoms with Crippen molar-refractivity contribution < 1.29 is 14.3 Å². The van der Waals surface area contributed by atoms with Crippen LogP contribution in [-0.2, 0) is 24.3 Å². The lowest BCUT2D eigenvalue weighted by Gasteiger charge is -2.18. The summed E-state index contributed by atoms with van der Waals surface area (Å²) in [5, 5.41) is 9.44. The van der Waals surface area contributed by atoms with Crippen LogP contribution < -0.4 is 26.2 Å². The zero-order valence-electron chi connectivity index (χ0n) is 16.0. The Labute approximate surface area is 174 Å². The van der Waals surface area contributed by atoms with Gasteiger partial charge in [0.15, 0.2) is 6.61 Å². The summed E-state index contributed by atoms with van der Waals surface area (Å²) in [4.78, 5) is 45.5. The van der Waals surface area contributed by atoms with Gasteiger partial charge in [0.1, 0.15) is 10.6 Å². The fraction of sp³-hybridized carbons (Fsp3) is 0.300. The van der Waals surface area contributed by atoms with E-state index in [1.165, 1.54) is 11.3 Å². The minimum atomic E-state index is -0.464. The smallest absolute Gasteiger partial charge is 0.287 e. The Morgan fingerprint density at radius 2 is 2.20 bits per heavy atom. The Bertz CT molecular complexity index is 1230. The number of carbonyl (C=O) groups is 2. The lowest BCUT2D eigenvalue weighted by Crippen LogP contribution is -2.28. The van der Waals surface area contributed by atoms with E-state index >= 15 is 0 Å². The molecule has 1 aromatic carbocycles. The van der Waals surface area contributed by atoms with Gasteiger partial charge in [-0.2, -0.15) is 0 Å². The zero-order valence-corrected chi connectivity index (χ0v) is 16.8. The van der Waals surface area contributed by atoms with Crippen LogP contribution in [0.1, 0.15) is 33.0 Å². The van der Waals surface area contributed by atoms with Gasteiger partial charge in [-0.25, -0.2) is 4.98 Å². The molecule has 4 N–H and O–H groups in total. The van der Waals surface area contributed by atoms with Crippen LogP contribution in [0.4, 0.5) is 5.69 Å². The first kappa shape index (κ1) is 18.8. The number of amides is 2. The highest BCUT2D eigenvalue weighted by molar-refractivity contribution is 7.18. The molecule has 0 bridgehead atoms. The zero-order chi connectivity index (χ0) is 20.7.